The fourth-order valence-corrected chi connectivity index (χ4v) is 5.21. The second-order valence-electron chi connectivity index (χ2n) is 11.4. The highest BCUT2D eigenvalue weighted by Gasteiger charge is 2.38. The van der Waals surface area contributed by atoms with Crippen LogP contribution in [0.2, 0.25) is 0 Å². The smallest absolute Gasteiger partial charge is 0.407 e. The van der Waals surface area contributed by atoms with Gasteiger partial charge in [0.2, 0.25) is 5.91 Å². The number of benzene rings is 2. The maximum absolute atomic E-state index is 12.8. The van der Waals surface area contributed by atoms with Crippen molar-refractivity contribution in [2.24, 2.45) is 17.3 Å². The van der Waals surface area contributed by atoms with Gasteiger partial charge in [-0.05, 0) is 53.0 Å². The van der Waals surface area contributed by atoms with Crippen molar-refractivity contribution in [3.05, 3.63) is 54.1 Å². The molecular formula is C30H40N4O3. The van der Waals surface area contributed by atoms with Gasteiger partial charge in [-0.25, -0.2) is 4.79 Å². The van der Waals surface area contributed by atoms with E-state index in [0.717, 1.165) is 28.8 Å². The quantitative estimate of drug-likeness (QED) is 0.469. The van der Waals surface area contributed by atoms with Crippen LogP contribution >= 0.6 is 0 Å². The summed E-state index contributed by atoms with van der Waals surface area (Å²) in [5, 5.41) is 21.3. The first-order valence-electron chi connectivity index (χ1n) is 13.1. The molecule has 2 unspecified atom stereocenters. The van der Waals surface area contributed by atoms with E-state index >= 15 is 0 Å². The molecule has 2 aromatic carbocycles. The lowest BCUT2D eigenvalue weighted by molar-refractivity contribution is -0.125. The van der Waals surface area contributed by atoms with Gasteiger partial charge in [0.25, 0.3) is 0 Å². The third-order valence-electron chi connectivity index (χ3n) is 7.12. The van der Waals surface area contributed by atoms with Crippen molar-refractivity contribution in [1.29, 1.82) is 5.26 Å². The van der Waals surface area contributed by atoms with Crippen LogP contribution in [0.1, 0.15) is 46.6 Å². The van der Waals surface area contributed by atoms with Crippen LogP contribution in [0, 0.1) is 28.6 Å². The van der Waals surface area contributed by atoms with Crippen LogP contribution < -0.4 is 10.2 Å². The van der Waals surface area contributed by atoms with Crippen LogP contribution in [0.4, 0.5) is 10.5 Å². The van der Waals surface area contributed by atoms with E-state index in [9.17, 15) is 14.7 Å². The van der Waals surface area contributed by atoms with E-state index in [-0.39, 0.29) is 29.8 Å². The fourth-order valence-electron chi connectivity index (χ4n) is 5.21. The molecule has 37 heavy (non-hydrogen) atoms. The summed E-state index contributed by atoms with van der Waals surface area (Å²) in [5.41, 5.74) is 4.20. The van der Waals surface area contributed by atoms with Gasteiger partial charge in [-0.3, -0.25) is 4.79 Å². The van der Waals surface area contributed by atoms with Crippen molar-refractivity contribution < 1.29 is 14.7 Å². The van der Waals surface area contributed by atoms with Crippen LogP contribution in [0.15, 0.2) is 48.5 Å². The van der Waals surface area contributed by atoms with Crippen LogP contribution in [-0.2, 0) is 11.2 Å². The number of nitrogens with one attached hydrogen (secondary N) is 1. The van der Waals surface area contributed by atoms with Crippen molar-refractivity contribution in [1.82, 2.24) is 10.2 Å². The monoisotopic (exact) mass is 504 g/mol. The molecule has 198 valence electrons. The first-order chi connectivity index (χ1) is 17.5. The Morgan fingerprint density at radius 1 is 1.11 bits per heavy atom. The van der Waals surface area contributed by atoms with Crippen molar-refractivity contribution in [2.75, 3.05) is 31.1 Å². The summed E-state index contributed by atoms with van der Waals surface area (Å²) in [5.74, 6) is 0.0887. The standard InChI is InChI=1S/C30H40N4O3/c1-21(2)18-24(28(35)32-15-14-31)19-23-8-6-7-9-26(23)22-10-12-25(13-11-22)33-16-17-34(29(36)37)27(20-33)30(3,4)5/h6-13,21,24,27H,15-20H2,1-5H3,(H,32,35)(H,36,37). The first-order valence-corrected chi connectivity index (χ1v) is 13.1. The van der Waals surface area contributed by atoms with Gasteiger partial charge in [-0.2, -0.15) is 5.26 Å². The molecule has 7 heteroatoms. The molecule has 0 aromatic heterocycles. The van der Waals surface area contributed by atoms with E-state index in [2.05, 4.69) is 81.2 Å². The number of nitrogens with zero attached hydrogens (tertiary/aromatic N) is 3. The molecule has 1 heterocycles. The Morgan fingerprint density at radius 3 is 2.38 bits per heavy atom. The number of hydrogen-bond acceptors (Lipinski definition) is 4. The van der Waals surface area contributed by atoms with Crippen molar-refractivity contribution in [3.63, 3.8) is 0 Å². The Hall–Kier alpha value is -3.53. The van der Waals surface area contributed by atoms with Gasteiger partial charge in [-0.15, -0.1) is 0 Å². The number of carbonyl (C=O) groups excluding carboxylic acids is 1. The highest BCUT2D eigenvalue weighted by molar-refractivity contribution is 5.80. The zero-order chi connectivity index (χ0) is 27.2. The normalized spacial score (nSPS) is 16.8. The minimum absolute atomic E-state index is 0.0212. The largest absolute Gasteiger partial charge is 0.465 e. The third-order valence-corrected chi connectivity index (χ3v) is 7.12. The Bertz CT molecular complexity index is 1110. The number of hydrogen-bond donors (Lipinski definition) is 2. The van der Waals surface area contributed by atoms with Crippen LogP contribution in [-0.4, -0.2) is 54.2 Å². The maximum atomic E-state index is 12.8. The molecule has 2 N–H and O–H groups in total. The lowest BCUT2D eigenvalue weighted by atomic mass is 9.84. The molecule has 2 aromatic rings. The number of anilines is 1. The SMILES string of the molecule is CC(C)CC(Cc1ccccc1-c1ccc(N2CCN(C(=O)O)C(C(C)(C)C)C2)cc1)C(=O)NCC#N. The zero-order valence-electron chi connectivity index (χ0n) is 22.7. The minimum atomic E-state index is -0.858. The zero-order valence-corrected chi connectivity index (χ0v) is 22.7. The first kappa shape index (κ1) is 28.0. The van der Waals surface area contributed by atoms with E-state index in [0.29, 0.717) is 32.0 Å². The second-order valence-corrected chi connectivity index (χ2v) is 11.4. The van der Waals surface area contributed by atoms with Gasteiger partial charge in [0.1, 0.15) is 6.54 Å². The van der Waals surface area contributed by atoms with Crippen LogP contribution in [0.25, 0.3) is 11.1 Å². The van der Waals surface area contributed by atoms with Crippen LogP contribution in [0.3, 0.4) is 0 Å². The Labute approximate surface area is 221 Å². The van der Waals surface area contributed by atoms with E-state index in [1.807, 2.05) is 18.2 Å². The Balaban J connectivity index is 1.81. The summed E-state index contributed by atoms with van der Waals surface area (Å²) in [6.07, 6.45) is 0.503. The highest BCUT2D eigenvalue weighted by Crippen LogP contribution is 2.32. The average molecular weight is 505 g/mol. The number of piperazine rings is 1. The average Bonchev–Trinajstić information content (AvgIpc) is 2.86. The molecule has 1 saturated heterocycles. The summed E-state index contributed by atoms with van der Waals surface area (Å²) in [4.78, 5) is 28.4. The lowest BCUT2D eigenvalue weighted by Gasteiger charge is -2.46. The van der Waals surface area contributed by atoms with Gasteiger partial charge >= 0.3 is 6.09 Å². The second kappa shape index (κ2) is 12.1. The molecule has 1 aliphatic heterocycles. The van der Waals surface area contributed by atoms with E-state index in [1.54, 1.807) is 4.90 Å². The number of rotatable bonds is 8. The summed E-state index contributed by atoms with van der Waals surface area (Å²) in [6, 6.07) is 18.5. The molecule has 1 fully saturated rings. The summed E-state index contributed by atoms with van der Waals surface area (Å²) in [7, 11) is 0. The fraction of sp³-hybridized carbons (Fsp3) is 0.500. The Morgan fingerprint density at radius 2 is 1.78 bits per heavy atom. The van der Waals surface area contributed by atoms with Gasteiger partial charge in [0, 0.05) is 31.2 Å². The lowest BCUT2D eigenvalue weighted by Crippen LogP contribution is -2.59. The van der Waals surface area contributed by atoms with E-state index in [4.69, 9.17) is 5.26 Å². The molecule has 3 rings (SSSR count). The van der Waals surface area contributed by atoms with Gasteiger partial charge in [0.15, 0.2) is 0 Å². The summed E-state index contributed by atoms with van der Waals surface area (Å²) < 4.78 is 0. The molecule has 0 saturated carbocycles. The number of nitriles is 1. The molecule has 1 aliphatic rings. The molecule has 2 amide bonds. The van der Waals surface area contributed by atoms with Crippen molar-refractivity contribution in [2.45, 2.75) is 53.5 Å². The number of amides is 2. The van der Waals surface area contributed by atoms with Crippen molar-refractivity contribution in [3.8, 4) is 17.2 Å². The topological polar surface area (TPSA) is 96.7 Å². The van der Waals surface area contributed by atoms with Gasteiger partial charge in [-0.1, -0.05) is 71.0 Å². The molecule has 0 spiro atoms. The number of carboxylic acid groups (broad SMARTS) is 1. The molecule has 2 atom stereocenters. The molecule has 0 bridgehead atoms. The summed E-state index contributed by atoms with van der Waals surface area (Å²) >= 11 is 0. The third kappa shape index (κ3) is 7.25. The van der Waals surface area contributed by atoms with E-state index < -0.39 is 6.09 Å². The van der Waals surface area contributed by atoms with Crippen LogP contribution in [0.5, 0.6) is 0 Å². The molecule has 0 radical (unpaired) electrons. The molecule has 7 nitrogen and oxygen atoms in total. The molecule has 0 aliphatic carbocycles. The maximum Gasteiger partial charge on any atom is 0.407 e. The van der Waals surface area contributed by atoms with E-state index in [1.165, 1.54) is 0 Å². The molecular weight excluding hydrogens is 464 g/mol. The summed E-state index contributed by atoms with van der Waals surface area (Å²) in [6.45, 7) is 12.3. The predicted molar refractivity (Wildman–Crippen MR) is 147 cm³/mol. The Kier molecular flexibility index (Phi) is 9.20. The van der Waals surface area contributed by atoms with Gasteiger partial charge in [0.05, 0.1) is 12.1 Å². The number of carbonyl (C=O) groups is 2. The van der Waals surface area contributed by atoms with Gasteiger partial charge < -0.3 is 20.2 Å². The highest BCUT2D eigenvalue weighted by atomic mass is 16.4. The predicted octanol–water partition coefficient (Wildman–Crippen LogP) is 5.41. The minimum Gasteiger partial charge on any atom is -0.465 e. The van der Waals surface area contributed by atoms with Crippen molar-refractivity contribution >= 4 is 17.7 Å².